The molecule has 0 radical (unpaired) electrons. The highest BCUT2D eigenvalue weighted by atomic mass is 127. The monoisotopic (exact) mass is 558 g/mol. The minimum absolute atomic E-state index is 0. The number of hydrogen-bond donors (Lipinski definition) is 1. The molecule has 2 aliphatic rings. The number of rotatable bonds is 6. The van der Waals surface area contributed by atoms with E-state index in [4.69, 9.17) is 9.47 Å². The number of ether oxygens (including phenoxy) is 2. The van der Waals surface area contributed by atoms with Crippen LogP contribution in [0.4, 0.5) is 0 Å². The van der Waals surface area contributed by atoms with Crippen LogP contribution in [0.3, 0.4) is 0 Å². The van der Waals surface area contributed by atoms with Gasteiger partial charge in [-0.05, 0) is 44.7 Å². The summed E-state index contributed by atoms with van der Waals surface area (Å²) in [4.78, 5) is 21.1. The molecule has 2 fully saturated rings. The summed E-state index contributed by atoms with van der Waals surface area (Å²) in [6, 6.07) is 8.82. The molecule has 180 valence electrons. The molecule has 2 saturated heterocycles. The molecule has 0 amide bonds. The number of esters is 1. The van der Waals surface area contributed by atoms with E-state index >= 15 is 0 Å². The van der Waals surface area contributed by atoms with Gasteiger partial charge in [0.25, 0.3) is 0 Å². The maximum atomic E-state index is 11.9. The van der Waals surface area contributed by atoms with Gasteiger partial charge in [-0.3, -0.25) is 14.7 Å². The third-order valence-corrected chi connectivity index (χ3v) is 6.00. The third-order valence-electron chi connectivity index (χ3n) is 6.00. The third kappa shape index (κ3) is 7.88. The summed E-state index contributed by atoms with van der Waals surface area (Å²) in [5.41, 5.74) is 2.56. The first kappa shape index (κ1) is 26.9. The van der Waals surface area contributed by atoms with Gasteiger partial charge in [-0.15, -0.1) is 24.0 Å². The van der Waals surface area contributed by atoms with E-state index < -0.39 is 0 Å². The van der Waals surface area contributed by atoms with Gasteiger partial charge >= 0.3 is 5.97 Å². The Morgan fingerprint density at radius 2 is 1.72 bits per heavy atom. The molecule has 1 aromatic rings. The number of morpholine rings is 1. The molecule has 0 aliphatic carbocycles. The molecule has 2 unspecified atom stereocenters. The van der Waals surface area contributed by atoms with Crippen molar-refractivity contribution in [2.24, 2.45) is 10.9 Å². The van der Waals surface area contributed by atoms with Crippen LogP contribution in [0.2, 0.25) is 0 Å². The minimum atomic E-state index is -0.0637. The number of benzene rings is 1. The Hall–Kier alpha value is -1.39. The molecule has 3 rings (SSSR count). The average Bonchev–Trinajstić information content (AvgIpc) is 2.75. The fourth-order valence-electron chi connectivity index (χ4n) is 4.53. The number of carbonyl (C=O) groups excluding carboxylic acids is 1. The molecule has 7 nitrogen and oxygen atoms in total. The fraction of sp³-hybridized carbons (Fsp3) is 0.667. The van der Waals surface area contributed by atoms with Gasteiger partial charge in [0, 0.05) is 46.3 Å². The normalized spacial score (nSPS) is 22.9. The number of nitrogens with one attached hydrogen (secondary N) is 1. The van der Waals surface area contributed by atoms with Gasteiger partial charge in [0.05, 0.1) is 24.7 Å². The summed E-state index contributed by atoms with van der Waals surface area (Å²) < 4.78 is 11.0. The summed E-state index contributed by atoms with van der Waals surface area (Å²) in [6.45, 7) is 11.9. The Morgan fingerprint density at radius 1 is 1.12 bits per heavy atom. The van der Waals surface area contributed by atoms with Crippen LogP contribution in [0.1, 0.15) is 44.7 Å². The Labute approximate surface area is 209 Å². The molecule has 8 heteroatoms. The smallest absolute Gasteiger partial charge is 0.309 e. The Morgan fingerprint density at radius 3 is 2.28 bits per heavy atom. The van der Waals surface area contributed by atoms with Crippen molar-refractivity contribution in [1.29, 1.82) is 0 Å². The molecular weight excluding hydrogens is 519 g/mol. The Bertz CT molecular complexity index is 725. The van der Waals surface area contributed by atoms with Crippen molar-refractivity contribution < 1.29 is 14.3 Å². The minimum Gasteiger partial charge on any atom is -0.466 e. The van der Waals surface area contributed by atoms with Crippen molar-refractivity contribution in [1.82, 2.24) is 15.1 Å². The molecule has 2 aliphatic heterocycles. The van der Waals surface area contributed by atoms with E-state index in [-0.39, 0.29) is 35.9 Å². The average molecular weight is 559 g/mol. The number of aliphatic imine (C=N–C) groups is 1. The molecule has 2 heterocycles. The van der Waals surface area contributed by atoms with Crippen molar-refractivity contribution in [3.63, 3.8) is 0 Å². The zero-order valence-corrected chi connectivity index (χ0v) is 22.2. The summed E-state index contributed by atoms with van der Waals surface area (Å²) in [5.74, 6) is 0.841. The molecule has 0 saturated carbocycles. The molecule has 2 atom stereocenters. The van der Waals surface area contributed by atoms with Crippen LogP contribution < -0.4 is 5.32 Å². The van der Waals surface area contributed by atoms with Crippen molar-refractivity contribution in [3.05, 3.63) is 35.4 Å². The lowest BCUT2D eigenvalue weighted by Gasteiger charge is -2.35. The van der Waals surface area contributed by atoms with Crippen molar-refractivity contribution in [2.75, 3.05) is 39.8 Å². The lowest BCUT2D eigenvalue weighted by atomic mass is 9.97. The lowest BCUT2D eigenvalue weighted by Crippen LogP contribution is -2.46. The second-order valence-corrected chi connectivity index (χ2v) is 8.68. The van der Waals surface area contributed by atoms with Gasteiger partial charge in [-0.25, -0.2) is 0 Å². The van der Waals surface area contributed by atoms with Crippen molar-refractivity contribution in [2.45, 2.75) is 58.9 Å². The summed E-state index contributed by atoms with van der Waals surface area (Å²) in [5, 5.41) is 3.47. The quantitative estimate of drug-likeness (QED) is 0.250. The van der Waals surface area contributed by atoms with Gasteiger partial charge in [0.1, 0.15) is 0 Å². The van der Waals surface area contributed by atoms with Crippen LogP contribution in [0.5, 0.6) is 0 Å². The maximum Gasteiger partial charge on any atom is 0.309 e. The number of guanidine groups is 1. The van der Waals surface area contributed by atoms with Crippen LogP contribution in [0, 0.1) is 5.92 Å². The van der Waals surface area contributed by atoms with Gasteiger partial charge in [-0.2, -0.15) is 0 Å². The molecule has 1 N–H and O–H groups in total. The highest BCUT2D eigenvalue weighted by Crippen LogP contribution is 2.19. The summed E-state index contributed by atoms with van der Waals surface area (Å²) >= 11 is 0. The highest BCUT2D eigenvalue weighted by Gasteiger charge is 2.27. The molecule has 0 aromatic heterocycles. The standard InChI is InChI=1S/C24H38N4O3.HI/c1-5-30-23(29)22-10-12-28(13-11-22)24(25-4)26-14-20-6-8-21(9-7-20)17-27-15-18(2)31-19(3)16-27;/h6-9,18-19,22H,5,10-17H2,1-4H3,(H,25,26);1H. The number of hydrogen-bond acceptors (Lipinski definition) is 5. The Kier molecular flexibility index (Phi) is 11.2. The number of carbonyl (C=O) groups is 1. The van der Waals surface area contributed by atoms with E-state index in [1.807, 2.05) is 14.0 Å². The molecule has 0 bridgehead atoms. The van der Waals surface area contributed by atoms with Gasteiger partial charge in [0.2, 0.25) is 0 Å². The van der Waals surface area contributed by atoms with E-state index in [1.165, 1.54) is 11.1 Å². The van der Waals surface area contributed by atoms with Crippen LogP contribution in [-0.2, 0) is 27.4 Å². The summed E-state index contributed by atoms with van der Waals surface area (Å²) in [7, 11) is 1.81. The fourth-order valence-corrected chi connectivity index (χ4v) is 4.53. The van der Waals surface area contributed by atoms with Crippen LogP contribution >= 0.6 is 24.0 Å². The van der Waals surface area contributed by atoms with Gasteiger partial charge in [-0.1, -0.05) is 24.3 Å². The predicted octanol–water partition coefficient (Wildman–Crippen LogP) is 3.26. The van der Waals surface area contributed by atoms with E-state index in [1.54, 1.807) is 0 Å². The first-order valence-electron chi connectivity index (χ1n) is 11.6. The van der Waals surface area contributed by atoms with E-state index in [0.29, 0.717) is 18.8 Å². The maximum absolute atomic E-state index is 11.9. The zero-order valence-electron chi connectivity index (χ0n) is 19.9. The zero-order chi connectivity index (χ0) is 22.2. The largest absolute Gasteiger partial charge is 0.466 e. The summed E-state index contributed by atoms with van der Waals surface area (Å²) in [6.07, 6.45) is 2.21. The van der Waals surface area contributed by atoms with Crippen molar-refractivity contribution in [3.8, 4) is 0 Å². The predicted molar refractivity (Wildman–Crippen MR) is 138 cm³/mol. The van der Waals surface area contributed by atoms with Crippen LogP contribution in [-0.4, -0.2) is 73.8 Å². The van der Waals surface area contributed by atoms with E-state index in [0.717, 1.165) is 58.1 Å². The second-order valence-electron chi connectivity index (χ2n) is 8.68. The Balaban J connectivity index is 0.00000363. The number of likely N-dealkylation sites (tertiary alicyclic amines) is 1. The molecule has 1 aromatic carbocycles. The first-order valence-corrected chi connectivity index (χ1v) is 11.6. The van der Waals surface area contributed by atoms with Crippen LogP contribution in [0.15, 0.2) is 29.3 Å². The highest BCUT2D eigenvalue weighted by molar-refractivity contribution is 14.0. The van der Waals surface area contributed by atoms with E-state index in [9.17, 15) is 4.79 Å². The number of piperidine rings is 1. The first-order chi connectivity index (χ1) is 15.0. The van der Waals surface area contributed by atoms with Gasteiger partial charge < -0.3 is 19.7 Å². The van der Waals surface area contributed by atoms with Crippen molar-refractivity contribution >= 4 is 35.9 Å². The lowest BCUT2D eigenvalue weighted by molar-refractivity contribution is -0.149. The molecule has 0 spiro atoms. The second kappa shape index (κ2) is 13.3. The topological polar surface area (TPSA) is 66.4 Å². The SMILES string of the molecule is CCOC(=O)C1CCN(C(=NC)NCc2ccc(CN3CC(C)OC(C)C3)cc2)CC1.I. The molecule has 32 heavy (non-hydrogen) atoms. The molecular formula is C24H39IN4O3. The van der Waals surface area contributed by atoms with Gasteiger partial charge in [0.15, 0.2) is 5.96 Å². The van der Waals surface area contributed by atoms with Crippen LogP contribution in [0.25, 0.3) is 0 Å². The van der Waals surface area contributed by atoms with E-state index in [2.05, 4.69) is 58.2 Å². The number of halogens is 1. The number of nitrogens with zero attached hydrogens (tertiary/aromatic N) is 3.